The summed E-state index contributed by atoms with van der Waals surface area (Å²) < 4.78 is 60.5. The maximum Gasteiger partial charge on any atom is 0.416 e. The van der Waals surface area contributed by atoms with E-state index in [0.29, 0.717) is 0 Å². The van der Waals surface area contributed by atoms with Crippen LogP contribution in [0, 0.1) is 5.82 Å². The van der Waals surface area contributed by atoms with E-state index in [0.717, 1.165) is 18.2 Å². The van der Waals surface area contributed by atoms with Crippen molar-refractivity contribution in [3.05, 3.63) is 53.8 Å². The summed E-state index contributed by atoms with van der Waals surface area (Å²) >= 11 is 0. The molecule has 2 aromatic carbocycles. The Morgan fingerprint density at radius 3 is 2.05 bits per heavy atom. The van der Waals surface area contributed by atoms with Gasteiger partial charge in [0.25, 0.3) is 0 Å². The summed E-state index contributed by atoms with van der Waals surface area (Å²) in [5.41, 5.74) is -0.762. The van der Waals surface area contributed by atoms with Crippen LogP contribution in [0.4, 0.5) is 17.6 Å². The third kappa shape index (κ3) is 3.20. The second-order valence-electron chi connectivity index (χ2n) is 3.92. The molecule has 0 saturated heterocycles. The van der Waals surface area contributed by atoms with Crippen LogP contribution in [-0.4, -0.2) is 7.11 Å². The number of hydrogen-bond acceptors (Lipinski definition) is 2. The topological polar surface area (TPSA) is 18.5 Å². The summed E-state index contributed by atoms with van der Waals surface area (Å²) in [7, 11) is 1.31. The van der Waals surface area contributed by atoms with Gasteiger partial charge in [0.2, 0.25) is 0 Å². The molecule has 0 unspecified atom stereocenters. The lowest BCUT2D eigenvalue weighted by atomic mass is 10.2. The standard InChI is InChI=1S/C14H10F4O2/c1-19-13-8-11(6-7-12(13)15)20-10-4-2-9(3-5-10)14(16,17)18/h2-8H,1H3. The number of benzene rings is 2. The zero-order valence-corrected chi connectivity index (χ0v) is 10.4. The first-order valence-corrected chi connectivity index (χ1v) is 5.59. The molecule has 0 spiro atoms. The van der Waals surface area contributed by atoms with Crippen molar-refractivity contribution in [2.45, 2.75) is 6.18 Å². The fourth-order valence-corrected chi connectivity index (χ4v) is 1.55. The highest BCUT2D eigenvalue weighted by molar-refractivity contribution is 5.38. The summed E-state index contributed by atoms with van der Waals surface area (Å²) in [4.78, 5) is 0. The minimum Gasteiger partial charge on any atom is -0.494 e. The Balaban J connectivity index is 2.18. The second-order valence-corrected chi connectivity index (χ2v) is 3.92. The normalized spacial score (nSPS) is 11.2. The third-order valence-electron chi connectivity index (χ3n) is 2.54. The smallest absolute Gasteiger partial charge is 0.416 e. The lowest BCUT2D eigenvalue weighted by Gasteiger charge is -2.10. The van der Waals surface area contributed by atoms with Crippen LogP contribution in [0.2, 0.25) is 0 Å². The van der Waals surface area contributed by atoms with E-state index in [2.05, 4.69) is 0 Å². The minimum atomic E-state index is -4.39. The zero-order chi connectivity index (χ0) is 14.8. The molecule has 20 heavy (non-hydrogen) atoms. The van der Waals surface area contributed by atoms with Gasteiger partial charge < -0.3 is 9.47 Å². The first-order valence-electron chi connectivity index (χ1n) is 5.59. The molecule has 2 aromatic rings. The Morgan fingerprint density at radius 1 is 0.900 bits per heavy atom. The Bertz CT molecular complexity index is 591. The van der Waals surface area contributed by atoms with E-state index >= 15 is 0 Å². The third-order valence-corrected chi connectivity index (χ3v) is 2.54. The summed E-state index contributed by atoms with van der Waals surface area (Å²) in [5, 5.41) is 0. The summed E-state index contributed by atoms with van der Waals surface area (Å²) in [5.74, 6) is -0.0728. The molecule has 0 N–H and O–H groups in total. The van der Waals surface area contributed by atoms with Crippen LogP contribution in [-0.2, 0) is 6.18 Å². The van der Waals surface area contributed by atoms with Gasteiger partial charge in [-0.2, -0.15) is 13.2 Å². The minimum absolute atomic E-state index is 0.00517. The van der Waals surface area contributed by atoms with Crippen molar-refractivity contribution in [2.75, 3.05) is 7.11 Å². The van der Waals surface area contributed by atoms with Crippen molar-refractivity contribution in [3.8, 4) is 17.2 Å². The molecular weight excluding hydrogens is 276 g/mol. The average molecular weight is 286 g/mol. The van der Waals surface area contributed by atoms with Gasteiger partial charge in [-0.15, -0.1) is 0 Å². The molecule has 0 radical (unpaired) electrons. The van der Waals surface area contributed by atoms with Crippen molar-refractivity contribution in [1.29, 1.82) is 0 Å². The SMILES string of the molecule is COc1cc(Oc2ccc(C(F)(F)F)cc2)ccc1F. The van der Waals surface area contributed by atoms with Gasteiger partial charge in [0.05, 0.1) is 12.7 Å². The van der Waals surface area contributed by atoms with Crippen molar-refractivity contribution in [1.82, 2.24) is 0 Å². The maximum atomic E-state index is 13.2. The number of alkyl halides is 3. The van der Waals surface area contributed by atoms with Crippen molar-refractivity contribution in [3.63, 3.8) is 0 Å². The van der Waals surface area contributed by atoms with E-state index < -0.39 is 17.6 Å². The number of methoxy groups -OCH3 is 1. The molecule has 0 atom stereocenters. The van der Waals surface area contributed by atoms with Crippen LogP contribution in [0.15, 0.2) is 42.5 Å². The van der Waals surface area contributed by atoms with Crippen molar-refractivity contribution in [2.24, 2.45) is 0 Å². The molecule has 0 aliphatic carbocycles. The molecule has 0 saturated carbocycles. The molecule has 6 heteroatoms. The van der Waals surface area contributed by atoms with Gasteiger partial charge in [-0.05, 0) is 36.4 Å². The molecule has 0 aliphatic heterocycles. The van der Waals surface area contributed by atoms with Crippen LogP contribution in [0.1, 0.15) is 5.56 Å². The molecule has 0 aliphatic rings. The fourth-order valence-electron chi connectivity index (χ4n) is 1.55. The van der Waals surface area contributed by atoms with Gasteiger partial charge in [0.15, 0.2) is 11.6 Å². The van der Waals surface area contributed by atoms with Gasteiger partial charge in [0.1, 0.15) is 11.5 Å². The highest BCUT2D eigenvalue weighted by atomic mass is 19.4. The van der Waals surface area contributed by atoms with E-state index in [1.165, 1.54) is 31.4 Å². The van der Waals surface area contributed by atoms with E-state index in [9.17, 15) is 17.6 Å². The van der Waals surface area contributed by atoms with Crippen LogP contribution in [0.3, 0.4) is 0 Å². The lowest BCUT2D eigenvalue weighted by molar-refractivity contribution is -0.137. The van der Waals surface area contributed by atoms with Gasteiger partial charge in [0, 0.05) is 6.07 Å². The molecule has 106 valence electrons. The lowest BCUT2D eigenvalue weighted by Crippen LogP contribution is -2.04. The largest absolute Gasteiger partial charge is 0.494 e. The molecule has 0 fully saturated rings. The molecule has 0 bridgehead atoms. The Hall–Kier alpha value is -2.24. The fraction of sp³-hybridized carbons (Fsp3) is 0.143. The highest BCUT2D eigenvalue weighted by Crippen LogP contribution is 2.32. The zero-order valence-electron chi connectivity index (χ0n) is 10.4. The van der Waals surface area contributed by atoms with E-state index in [4.69, 9.17) is 9.47 Å². The number of halogens is 4. The van der Waals surface area contributed by atoms with Gasteiger partial charge in [-0.1, -0.05) is 0 Å². The Labute approximate surface area is 112 Å². The number of rotatable bonds is 3. The molecule has 0 amide bonds. The predicted molar refractivity (Wildman–Crippen MR) is 64.5 cm³/mol. The van der Waals surface area contributed by atoms with Crippen LogP contribution in [0.5, 0.6) is 17.2 Å². The number of hydrogen-bond donors (Lipinski definition) is 0. The highest BCUT2D eigenvalue weighted by Gasteiger charge is 2.30. The summed E-state index contributed by atoms with van der Waals surface area (Å²) in [6.45, 7) is 0. The quantitative estimate of drug-likeness (QED) is 0.765. The maximum absolute atomic E-state index is 13.2. The first-order chi connectivity index (χ1) is 9.40. The van der Waals surface area contributed by atoms with E-state index in [-0.39, 0.29) is 17.2 Å². The van der Waals surface area contributed by atoms with E-state index in [1.54, 1.807) is 0 Å². The molecule has 2 nitrogen and oxygen atoms in total. The molecule has 0 heterocycles. The Kier molecular flexibility index (Phi) is 3.83. The molecular formula is C14H10F4O2. The monoisotopic (exact) mass is 286 g/mol. The Morgan fingerprint density at radius 2 is 1.50 bits per heavy atom. The van der Waals surface area contributed by atoms with Gasteiger partial charge in [-0.3, -0.25) is 0 Å². The predicted octanol–water partition coefficient (Wildman–Crippen LogP) is 4.65. The van der Waals surface area contributed by atoms with Crippen molar-refractivity contribution >= 4 is 0 Å². The first kappa shape index (κ1) is 14.2. The second kappa shape index (κ2) is 5.40. The van der Waals surface area contributed by atoms with Crippen LogP contribution in [0.25, 0.3) is 0 Å². The van der Waals surface area contributed by atoms with Crippen molar-refractivity contribution < 1.29 is 27.0 Å². The molecule has 2 rings (SSSR count). The van der Waals surface area contributed by atoms with E-state index in [1.807, 2.05) is 0 Å². The molecule has 0 aromatic heterocycles. The number of ether oxygens (including phenoxy) is 2. The van der Waals surface area contributed by atoms with Crippen LogP contribution < -0.4 is 9.47 Å². The average Bonchev–Trinajstić information content (AvgIpc) is 2.40. The van der Waals surface area contributed by atoms with Crippen LogP contribution >= 0.6 is 0 Å². The van der Waals surface area contributed by atoms with Gasteiger partial charge in [-0.25, -0.2) is 4.39 Å². The summed E-state index contributed by atoms with van der Waals surface area (Å²) in [6, 6.07) is 8.03. The van der Waals surface area contributed by atoms with Gasteiger partial charge >= 0.3 is 6.18 Å². The summed E-state index contributed by atoms with van der Waals surface area (Å²) in [6.07, 6.45) is -4.39.